The Labute approximate surface area is 198 Å². The average molecular weight is 491 g/mol. The molecule has 1 aliphatic rings. The van der Waals surface area contributed by atoms with Crippen LogP contribution in [-0.4, -0.2) is 60.4 Å². The van der Waals surface area contributed by atoms with Crippen molar-refractivity contribution < 1.29 is 27.4 Å². The Bertz CT molecular complexity index is 1320. The number of halogens is 3. The van der Waals surface area contributed by atoms with E-state index in [9.17, 15) is 9.59 Å². The lowest BCUT2D eigenvalue weighted by molar-refractivity contribution is 0.0517. The minimum absolute atomic E-state index is 0.0883. The molecule has 12 heteroatoms. The summed E-state index contributed by atoms with van der Waals surface area (Å²) in [6.07, 6.45) is 3.22. The molecular weight excluding hydrogens is 467 g/mol. The smallest absolute Gasteiger partial charge is 0.346 e. The fourth-order valence-electron chi connectivity index (χ4n) is 4.30. The normalized spacial score (nSPS) is 13.9. The zero-order chi connectivity index (χ0) is 25.3. The number of rotatable bonds is 6. The summed E-state index contributed by atoms with van der Waals surface area (Å²) in [6.45, 7) is 4.14. The molecule has 1 aliphatic heterocycles. The lowest BCUT2D eigenvalue weighted by Gasteiger charge is -2.37. The number of fused-ring (bicyclic) bond motifs is 1. The highest BCUT2D eigenvalue weighted by Crippen LogP contribution is 2.41. The molecule has 0 atom stereocenters. The Kier molecular flexibility index (Phi) is 6.81. The van der Waals surface area contributed by atoms with Gasteiger partial charge in [-0.25, -0.2) is 23.5 Å². The van der Waals surface area contributed by atoms with Crippen molar-refractivity contribution in [1.29, 1.82) is 0 Å². The molecular formula is C23H24F3N5O4. The first-order chi connectivity index (χ1) is 16.8. The topological polar surface area (TPSA) is 89.8 Å². The van der Waals surface area contributed by atoms with Crippen LogP contribution in [0.1, 0.15) is 24.2 Å². The summed E-state index contributed by atoms with van der Waals surface area (Å²) >= 11 is 0. The van der Waals surface area contributed by atoms with Gasteiger partial charge in [0.2, 0.25) is 17.3 Å². The number of ether oxygens (including phenoxy) is 2. The molecule has 0 bridgehead atoms. The Morgan fingerprint density at radius 2 is 1.66 bits per heavy atom. The first-order valence-electron chi connectivity index (χ1n) is 11.1. The number of benzene rings is 1. The molecule has 0 radical (unpaired) electrons. The molecule has 0 N–H and O–H groups in total. The average Bonchev–Trinajstić information content (AvgIpc) is 2.87. The van der Waals surface area contributed by atoms with Gasteiger partial charge in [0.15, 0.2) is 22.9 Å². The van der Waals surface area contributed by atoms with Crippen molar-refractivity contribution in [2.24, 2.45) is 0 Å². The molecule has 0 unspecified atom stereocenters. The minimum Gasteiger partial charge on any atom is -0.492 e. The number of hydrogen-bond acceptors (Lipinski definition) is 8. The van der Waals surface area contributed by atoms with E-state index in [1.54, 1.807) is 30.3 Å². The number of anilines is 2. The number of aryl methyl sites for hydroxylation is 1. The van der Waals surface area contributed by atoms with Crippen molar-refractivity contribution in [2.45, 2.75) is 20.4 Å². The molecule has 9 nitrogen and oxygen atoms in total. The van der Waals surface area contributed by atoms with E-state index in [0.29, 0.717) is 19.0 Å². The first-order valence-corrected chi connectivity index (χ1v) is 11.1. The van der Waals surface area contributed by atoms with Crippen molar-refractivity contribution in [3.8, 4) is 5.75 Å². The van der Waals surface area contributed by atoms with Crippen LogP contribution in [0.15, 0.2) is 23.3 Å². The number of hydrogen-bond donors (Lipinski definition) is 0. The number of esters is 1. The predicted octanol–water partition coefficient (Wildman–Crippen LogP) is 2.74. The van der Waals surface area contributed by atoms with Gasteiger partial charge in [0.25, 0.3) is 0 Å². The van der Waals surface area contributed by atoms with E-state index in [2.05, 4.69) is 9.97 Å². The molecule has 3 aromatic rings. The number of aromatic nitrogens is 3. The second-order valence-electron chi connectivity index (χ2n) is 7.72. The second kappa shape index (κ2) is 9.80. The van der Waals surface area contributed by atoms with Gasteiger partial charge < -0.3 is 23.8 Å². The van der Waals surface area contributed by atoms with Gasteiger partial charge in [0.1, 0.15) is 11.2 Å². The summed E-state index contributed by atoms with van der Waals surface area (Å²) in [4.78, 5) is 37.1. The molecule has 1 aromatic carbocycles. The van der Waals surface area contributed by atoms with E-state index in [1.807, 2.05) is 4.90 Å². The summed E-state index contributed by atoms with van der Waals surface area (Å²) in [5.74, 6) is -4.94. The van der Waals surface area contributed by atoms with E-state index >= 15 is 13.2 Å². The SMILES string of the molecule is CCOC(=O)c1c(F)n(CC)c2c(OC)c(N3CCN(c4ncccn4)CC3)c(F)c(F)c2c1=O. The maximum absolute atomic E-state index is 15.5. The number of nitrogens with zero attached hydrogens (tertiary/aromatic N) is 5. The molecule has 0 amide bonds. The lowest BCUT2D eigenvalue weighted by atomic mass is 10.1. The van der Waals surface area contributed by atoms with Crippen molar-refractivity contribution in [3.05, 3.63) is 51.8 Å². The standard InChI is InChI=1S/C23H24F3N5O4/c1-4-31-17-13(19(32)14(21(31)26)22(33)35-5-2)15(24)16(25)18(20(17)34-3)29-9-11-30(12-10-29)23-27-7-6-8-28-23/h6-8H,4-5,9-12H2,1-3H3. The summed E-state index contributed by atoms with van der Waals surface area (Å²) in [5.41, 5.74) is -2.77. The van der Waals surface area contributed by atoms with E-state index < -0.39 is 39.9 Å². The molecule has 0 aliphatic carbocycles. The number of piperazine rings is 1. The summed E-state index contributed by atoms with van der Waals surface area (Å²) in [7, 11) is 1.23. The molecule has 0 spiro atoms. The molecule has 4 rings (SSSR count). The van der Waals surface area contributed by atoms with Crippen LogP contribution in [0, 0.1) is 17.6 Å². The first kappa shape index (κ1) is 24.3. The Morgan fingerprint density at radius 3 is 2.23 bits per heavy atom. The van der Waals surface area contributed by atoms with Gasteiger partial charge in [0.05, 0.1) is 19.1 Å². The van der Waals surface area contributed by atoms with Crippen LogP contribution < -0.4 is 20.0 Å². The van der Waals surface area contributed by atoms with Crippen LogP contribution in [-0.2, 0) is 11.3 Å². The number of methoxy groups -OCH3 is 1. The van der Waals surface area contributed by atoms with Crippen molar-refractivity contribution in [1.82, 2.24) is 14.5 Å². The van der Waals surface area contributed by atoms with E-state index in [4.69, 9.17) is 9.47 Å². The molecule has 1 saturated heterocycles. The minimum atomic E-state index is -1.48. The van der Waals surface area contributed by atoms with E-state index in [0.717, 1.165) is 4.57 Å². The van der Waals surface area contributed by atoms with Crippen molar-refractivity contribution >= 4 is 28.5 Å². The van der Waals surface area contributed by atoms with E-state index in [1.165, 1.54) is 14.0 Å². The van der Waals surface area contributed by atoms with Gasteiger partial charge in [-0.2, -0.15) is 4.39 Å². The van der Waals surface area contributed by atoms with Crippen molar-refractivity contribution in [3.63, 3.8) is 0 Å². The van der Waals surface area contributed by atoms with Crippen LogP contribution >= 0.6 is 0 Å². The Morgan fingerprint density at radius 1 is 1.03 bits per heavy atom. The highest BCUT2D eigenvalue weighted by Gasteiger charge is 2.34. The van der Waals surface area contributed by atoms with Gasteiger partial charge in [-0.3, -0.25) is 4.79 Å². The Hall–Kier alpha value is -3.83. The van der Waals surface area contributed by atoms with Gasteiger partial charge in [0, 0.05) is 45.1 Å². The van der Waals surface area contributed by atoms with Gasteiger partial charge in [-0.05, 0) is 19.9 Å². The van der Waals surface area contributed by atoms with Gasteiger partial charge in [-0.15, -0.1) is 0 Å². The van der Waals surface area contributed by atoms with Crippen LogP contribution in [0.2, 0.25) is 0 Å². The molecule has 186 valence electrons. The molecule has 1 fully saturated rings. The number of pyridine rings is 1. The molecule has 35 heavy (non-hydrogen) atoms. The van der Waals surface area contributed by atoms with Crippen LogP contribution in [0.4, 0.5) is 24.8 Å². The number of carbonyl (C=O) groups is 1. The highest BCUT2D eigenvalue weighted by molar-refractivity contribution is 5.98. The van der Waals surface area contributed by atoms with Crippen LogP contribution in [0.5, 0.6) is 5.75 Å². The van der Waals surface area contributed by atoms with Crippen LogP contribution in [0.25, 0.3) is 10.9 Å². The zero-order valence-corrected chi connectivity index (χ0v) is 19.5. The maximum Gasteiger partial charge on any atom is 0.346 e. The highest BCUT2D eigenvalue weighted by atomic mass is 19.2. The second-order valence-corrected chi connectivity index (χ2v) is 7.72. The monoisotopic (exact) mass is 491 g/mol. The van der Waals surface area contributed by atoms with Crippen molar-refractivity contribution in [2.75, 3.05) is 49.7 Å². The lowest BCUT2D eigenvalue weighted by Crippen LogP contribution is -2.47. The third kappa shape index (κ3) is 4.02. The zero-order valence-electron chi connectivity index (χ0n) is 19.5. The fourth-order valence-corrected chi connectivity index (χ4v) is 4.30. The van der Waals surface area contributed by atoms with Gasteiger partial charge in [-0.1, -0.05) is 0 Å². The largest absolute Gasteiger partial charge is 0.492 e. The quantitative estimate of drug-likeness (QED) is 0.384. The summed E-state index contributed by atoms with van der Waals surface area (Å²) < 4.78 is 57.4. The molecule has 3 heterocycles. The summed E-state index contributed by atoms with van der Waals surface area (Å²) in [5, 5.41) is -0.772. The Balaban J connectivity index is 1.88. The fraction of sp³-hybridized carbons (Fsp3) is 0.391. The summed E-state index contributed by atoms with van der Waals surface area (Å²) in [6, 6.07) is 1.69. The molecule has 2 aromatic heterocycles. The number of carbonyl (C=O) groups excluding carboxylic acids is 1. The molecule has 0 saturated carbocycles. The van der Waals surface area contributed by atoms with Gasteiger partial charge >= 0.3 is 5.97 Å². The third-order valence-electron chi connectivity index (χ3n) is 5.89. The maximum atomic E-state index is 15.5. The predicted molar refractivity (Wildman–Crippen MR) is 123 cm³/mol. The van der Waals surface area contributed by atoms with Crippen LogP contribution in [0.3, 0.4) is 0 Å². The van der Waals surface area contributed by atoms with E-state index in [-0.39, 0.29) is 43.2 Å². The third-order valence-corrected chi connectivity index (χ3v) is 5.89.